The van der Waals surface area contributed by atoms with E-state index in [0.29, 0.717) is 6.42 Å². The fraction of sp³-hybridized carbons (Fsp3) is 0.308. The van der Waals surface area contributed by atoms with Crippen LogP contribution >= 0.6 is 0 Å². The van der Waals surface area contributed by atoms with Gasteiger partial charge >= 0.3 is 0 Å². The molecule has 0 spiro atoms. The van der Waals surface area contributed by atoms with Gasteiger partial charge in [0.25, 0.3) is 0 Å². The molecule has 2 heteroatoms. The molecule has 15 heavy (non-hydrogen) atoms. The van der Waals surface area contributed by atoms with Crippen LogP contribution in [-0.2, 0) is 4.79 Å². The Morgan fingerprint density at radius 3 is 2.80 bits per heavy atom. The average Bonchev–Trinajstić information content (AvgIpc) is 2.24. The highest BCUT2D eigenvalue weighted by Crippen LogP contribution is 2.18. The molecule has 1 aromatic carbocycles. The molecule has 0 N–H and O–H groups in total. The van der Waals surface area contributed by atoms with Crippen molar-refractivity contribution in [3.63, 3.8) is 0 Å². The second-order valence-corrected chi connectivity index (χ2v) is 3.39. The smallest absolute Gasteiger partial charge is 0.130 e. The number of ketones is 1. The van der Waals surface area contributed by atoms with Gasteiger partial charge in [-0.1, -0.05) is 30.4 Å². The number of allylic oxidation sites excluding steroid dienone is 1. The summed E-state index contributed by atoms with van der Waals surface area (Å²) in [6, 6.07) is 7.81. The Morgan fingerprint density at radius 2 is 2.13 bits per heavy atom. The van der Waals surface area contributed by atoms with E-state index in [1.54, 1.807) is 14.0 Å². The molecule has 80 valence electrons. The number of ether oxygens (including phenoxy) is 1. The monoisotopic (exact) mass is 204 g/mol. The van der Waals surface area contributed by atoms with Crippen LogP contribution in [0.5, 0.6) is 5.75 Å². The molecule has 0 fully saturated rings. The van der Waals surface area contributed by atoms with Gasteiger partial charge in [-0.3, -0.25) is 0 Å². The first kappa shape index (κ1) is 11.5. The molecule has 1 aromatic rings. The summed E-state index contributed by atoms with van der Waals surface area (Å²) in [4.78, 5) is 10.7. The Kier molecular flexibility index (Phi) is 4.61. The molecule has 0 radical (unpaired) electrons. The van der Waals surface area contributed by atoms with Gasteiger partial charge in [-0.2, -0.15) is 0 Å². The summed E-state index contributed by atoms with van der Waals surface area (Å²) in [5, 5.41) is 0. The number of Topliss-reactive ketones (excluding diaryl/α,β-unsaturated/α-hetero) is 1. The molecule has 0 saturated heterocycles. The molecule has 1 rings (SSSR count). The summed E-state index contributed by atoms with van der Waals surface area (Å²) < 4.78 is 5.21. The molecule has 0 heterocycles. The van der Waals surface area contributed by atoms with Crippen LogP contribution in [0.1, 0.15) is 25.3 Å². The zero-order valence-corrected chi connectivity index (χ0v) is 9.19. The van der Waals surface area contributed by atoms with Gasteiger partial charge in [-0.25, -0.2) is 0 Å². The number of para-hydroxylation sites is 1. The van der Waals surface area contributed by atoms with Crippen molar-refractivity contribution in [3.05, 3.63) is 35.9 Å². The highest BCUT2D eigenvalue weighted by atomic mass is 16.5. The largest absolute Gasteiger partial charge is 0.496 e. The zero-order chi connectivity index (χ0) is 11.1. The number of benzene rings is 1. The first-order valence-electron chi connectivity index (χ1n) is 5.03. The lowest BCUT2D eigenvalue weighted by atomic mass is 10.1. The van der Waals surface area contributed by atoms with Crippen molar-refractivity contribution in [2.45, 2.75) is 19.8 Å². The van der Waals surface area contributed by atoms with E-state index >= 15 is 0 Å². The van der Waals surface area contributed by atoms with E-state index < -0.39 is 0 Å². The second kappa shape index (κ2) is 6.02. The first-order chi connectivity index (χ1) is 7.24. The van der Waals surface area contributed by atoms with Crippen molar-refractivity contribution in [3.8, 4) is 5.75 Å². The van der Waals surface area contributed by atoms with Crippen molar-refractivity contribution in [1.82, 2.24) is 0 Å². The number of carbonyl (C=O) groups is 1. The summed E-state index contributed by atoms with van der Waals surface area (Å²) in [6.45, 7) is 1.61. The van der Waals surface area contributed by atoms with Crippen molar-refractivity contribution < 1.29 is 9.53 Å². The van der Waals surface area contributed by atoms with Crippen molar-refractivity contribution in [2.24, 2.45) is 0 Å². The highest BCUT2D eigenvalue weighted by Gasteiger charge is 1.96. The first-order valence-corrected chi connectivity index (χ1v) is 5.03. The molecular formula is C13H16O2. The summed E-state index contributed by atoms with van der Waals surface area (Å²) in [7, 11) is 1.66. The fourth-order valence-corrected chi connectivity index (χ4v) is 1.30. The third kappa shape index (κ3) is 3.98. The predicted octanol–water partition coefficient (Wildman–Crippen LogP) is 3.08. The van der Waals surface area contributed by atoms with Crippen molar-refractivity contribution in [2.75, 3.05) is 7.11 Å². The van der Waals surface area contributed by atoms with Crippen LogP contribution in [0.2, 0.25) is 0 Å². The zero-order valence-electron chi connectivity index (χ0n) is 9.19. The van der Waals surface area contributed by atoms with Crippen LogP contribution in [0.3, 0.4) is 0 Å². The fourth-order valence-electron chi connectivity index (χ4n) is 1.30. The van der Waals surface area contributed by atoms with Gasteiger partial charge in [0.1, 0.15) is 11.5 Å². The molecule has 0 unspecified atom stereocenters. The minimum atomic E-state index is 0.222. The van der Waals surface area contributed by atoms with Crippen LogP contribution in [0.25, 0.3) is 6.08 Å². The van der Waals surface area contributed by atoms with Crippen LogP contribution < -0.4 is 4.74 Å². The lowest BCUT2D eigenvalue weighted by Gasteiger charge is -2.02. The van der Waals surface area contributed by atoms with Crippen LogP contribution in [0, 0.1) is 0 Å². The molecule has 0 aromatic heterocycles. The van der Waals surface area contributed by atoms with Crippen molar-refractivity contribution in [1.29, 1.82) is 0 Å². The molecule has 0 saturated carbocycles. The summed E-state index contributed by atoms with van der Waals surface area (Å²) in [5.41, 5.74) is 1.04. The molecule has 0 aliphatic carbocycles. The Balaban J connectivity index is 2.59. The Hall–Kier alpha value is -1.57. The van der Waals surface area contributed by atoms with Crippen LogP contribution in [0.4, 0.5) is 0 Å². The van der Waals surface area contributed by atoms with Gasteiger partial charge < -0.3 is 9.53 Å². The molecule has 0 aliphatic heterocycles. The van der Waals surface area contributed by atoms with Gasteiger partial charge in [0.05, 0.1) is 7.11 Å². The minimum absolute atomic E-state index is 0.222. The number of hydrogen-bond acceptors (Lipinski definition) is 2. The standard InChI is InChI=1S/C13H16O2/c1-11(14)7-3-4-8-12-9-5-6-10-13(12)15-2/h4-6,8-10H,3,7H2,1-2H3/b8-4+. The molecule has 0 amide bonds. The van der Waals surface area contributed by atoms with Crippen LogP contribution in [0.15, 0.2) is 30.3 Å². The maximum Gasteiger partial charge on any atom is 0.130 e. The van der Waals surface area contributed by atoms with E-state index in [2.05, 4.69) is 0 Å². The SMILES string of the molecule is COc1ccccc1/C=C/CCC(C)=O. The number of carbonyl (C=O) groups excluding carboxylic acids is 1. The topological polar surface area (TPSA) is 26.3 Å². The van der Waals surface area contributed by atoms with Crippen LogP contribution in [-0.4, -0.2) is 12.9 Å². The van der Waals surface area contributed by atoms with Gasteiger partial charge in [0.2, 0.25) is 0 Å². The summed E-state index contributed by atoms with van der Waals surface area (Å²) in [6.07, 6.45) is 5.38. The van der Waals surface area contributed by atoms with E-state index in [1.807, 2.05) is 36.4 Å². The number of rotatable bonds is 5. The summed E-state index contributed by atoms with van der Waals surface area (Å²) in [5.74, 6) is 1.08. The van der Waals surface area contributed by atoms with E-state index in [-0.39, 0.29) is 5.78 Å². The lowest BCUT2D eigenvalue weighted by Crippen LogP contribution is -1.87. The van der Waals surface area contributed by atoms with E-state index in [4.69, 9.17) is 4.74 Å². The number of hydrogen-bond donors (Lipinski definition) is 0. The Bertz CT molecular complexity index is 353. The maximum atomic E-state index is 10.7. The molecule has 0 bridgehead atoms. The lowest BCUT2D eigenvalue weighted by molar-refractivity contribution is -0.116. The summed E-state index contributed by atoms with van der Waals surface area (Å²) >= 11 is 0. The van der Waals surface area contributed by atoms with Crippen molar-refractivity contribution >= 4 is 11.9 Å². The average molecular weight is 204 g/mol. The molecule has 0 aliphatic rings. The molecule has 2 nitrogen and oxygen atoms in total. The molecular weight excluding hydrogens is 188 g/mol. The predicted molar refractivity (Wildman–Crippen MR) is 61.9 cm³/mol. The minimum Gasteiger partial charge on any atom is -0.496 e. The second-order valence-electron chi connectivity index (χ2n) is 3.39. The normalized spacial score (nSPS) is 10.5. The maximum absolute atomic E-state index is 10.7. The van der Waals surface area contributed by atoms with Gasteiger partial charge in [-0.05, 0) is 19.4 Å². The number of methoxy groups -OCH3 is 1. The van der Waals surface area contributed by atoms with E-state index in [1.165, 1.54) is 0 Å². The van der Waals surface area contributed by atoms with Gasteiger partial charge in [0, 0.05) is 12.0 Å². The van der Waals surface area contributed by atoms with E-state index in [9.17, 15) is 4.79 Å². The highest BCUT2D eigenvalue weighted by molar-refractivity contribution is 5.75. The van der Waals surface area contributed by atoms with Gasteiger partial charge in [0.15, 0.2) is 0 Å². The Labute approximate surface area is 90.6 Å². The van der Waals surface area contributed by atoms with Gasteiger partial charge in [-0.15, -0.1) is 0 Å². The third-order valence-electron chi connectivity index (χ3n) is 2.10. The molecule has 0 atom stereocenters. The quantitative estimate of drug-likeness (QED) is 0.736. The Morgan fingerprint density at radius 1 is 1.40 bits per heavy atom. The van der Waals surface area contributed by atoms with E-state index in [0.717, 1.165) is 17.7 Å². The third-order valence-corrected chi connectivity index (χ3v) is 2.10.